The summed E-state index contributed by atoms with van der Waals surface area (Å²) in [5.74, 6) is 1.09. The van der Waals surface area contributed by atoms with Crippen molar-refractivity contribution >= 4 is 17.7 Å². The Morgan fingerprint density at radius 1 is 1.32 bits per heavy atom. The topological polar surface area (TPSA) is 32.8 Å². The molecular formula is C17H24N2O2S. The molecule has 1 fully saturated rings. The van der Waals surface area contributed by atoms with Crippen LogP contribution in [0.5, 0.6) is 5.75 Å². The lowest BCUT2D eigenvalue weighted by Crippen LogP contribution is -2.38. The maximum absolute atomic E-state index is 13.0. The van der Waals surface area contributed by atoms with E-state index in [4.69, 9.17) is 4.74 Å². The molecule has 22 heavy (non-hydrogen) atoms. The van der Waals surface area contributed by atoms with Gasteiger partial charge < -0.3 is 14.5 Å². The predicted molar refractivity (Wildman–Crippen MR) is 90.7 cm³/mol. The zero-order valence-corrected chi connectivity index (χ0v) is 14.3. The van der Waals surface area contributed by atoms with Gasteiger partial charge in [0.1, 0.15) is 5.75 Å². The lowest BCUT2D eigenvalue weighted by molar-refractivity contribution is -0.132. The van der Waals surface area contributed by atoms with E-state index in [9.17, 15) is 4.79 Å². The third-order valence-corrected chi connectivity index (χ3v) is 5.84. The van der Waals surface area contributed by atoms with Crippen LogP contribution >= 0.6 is 11.8 Å². The monoisotopic (exact) mass is 320 g/mol. The number of amides is 1. The first-order chi connectivity index (χ1) is 10.6. The number of likely N-dealkylation sites (N-methyl/N-ethyl adjacent to an activating group) is 1. The Morgan fingerprint density at radius 2 is 2.09 bits per heavy atom. The van der Waals surface area contributed by atoms with Crippen LogP contribution in [-0.2, 0) is 4.79 Å². The highest BCUT2D eigenvalue weighted by Gasteiger charge is 2.39. The zero-order valence-electron chi connectivity index (χ0n) is 13.5. The lowest BCUT2D eigenvalue weighted by atomic mass is 9.92. The molecule has 2 aliphatic heterocycles. The average molecular weight is 320 g/mol. The summed E-state index contributed by atoms with van der Waals surface area (Å²) in [7, 11) is 4.21. The molecule has 120 valence electrons. The molecule has 1 aromatic rings. The summed E-state index contributed by atoms with van der Waals surface area (Å²) in [6.07, 6.45) is 2.92. The molecule has 1 saturated heterocycles. The maximum Gasteiger partial charge on any atom is 0.230 e. The first-order valence-corrected chi connectivity index (χ1v) is 9.10. The minimum atomic E-state index is -0.0478. The van der Waals surface area contributed by atoms with Gasteiger partial charge in [0, 0.05) is 29.9 Å². The van der Waals surface area contributed by atoms with Crippen LogP contribution in [0, 0.1) is 0 Å². The van der Waals surface area contributed by atoms with Gasteiger partial charge in [-0.15, -0.1) is 0 Å². The molecule has 0 radical (unpaired) electrons. The van der Waals surface area contributed by atoms with Crippen molar-refractivity contribution in [1.82, 2.24) is 9.80 Å². The highest BCUT2D eigenvalue weighted by atomic mass is 32.2. The van der Waals surface area contributed by atoms with Gasteiger partial charge in [-0.05, 0) is 32.8 Å². The van der Waals surface area contributed by atoms with Crippen molar-refractivity contribution in [2.75, 3.05) is 40.0 Å². The van der Waals surface area contributed by atoms with E-state index in [1.165, 1.54) is 0 Å². The Balaban J connectivity index is 1.78. The largest absolute Gasteiger partial charge is 0.493 e. The first-order valence-electron chi connectivity index (χ1n) is 7.81. The summed E-state index contributed by atoms with van der Waals surface area (Å²) < 4.78 is 5.69. The fourth-order valence-corrected chi connectivity index (χ4v) is 4.46. The first kappa shape index (κ1) is 15.7. The molecule has 1 aromatic carbocycles. The highest BCUT2D eigenvalue weighted by Crippen LogP contribution is 2.36. The zero-order chi connectivity index (χ0) is 15.7. The molecule has 3 rings (SSSR count). The standard InChI is InChI=1S/C17H24N2O2S/c1-18(2)14-10-19(11-16(14)22-3)17(20)13-8-9-21-15-7-5-4-6-12(13)15/h4-7,13-14,16H,8-11H2,1-3H3/t13-,14+,16-/m1/s1. The second-order valence-electron chi connectivity index (χ2n) is 6.28. The van der Waals surface area contributed by atoms with Crippen LogP contribution in [0.2, 0.25) is 0 Å². The second-order valence-corrected chi connectivity index (χ2v) is 7.35. The molecule has 0 bridgehead atoms. The number of hydrogen-bond acceptors (Lipinski definition) is 4. The third-order valence-electron chi connectivity index (χ3n) is 4.77. The number of hydrogen-bond donors (Lipinski definition) is 0. The van der Waals surface area contributed by atoms with E-state index >= 15 is 0 Å². The summed E-state index contributed by atoms with van der Waals surface area (Å²) in [5.41, 5.74) is 1.05. The molecule has 3 atom stereocenters. The number of para-hydroxylation sites is 1. The van der Waals surface area contributed by atoms with E-state index in [0.717, 1.165) is 30.8 Å². The summed E-state index contributed by atoms with van der Waals surface area (Å²) in [5, 5.41) is 0.494. The Kier molecular flexibility index (Phi) is 4.64. The van der Waals surface area contributed by atoms with E-state index in [0.29, 0.717) is 17.9 Å². The molecule has 5 heteroatoms. The molecule has 0 spiro atoms. The number of likely N-dealkylation sites (tertiary alicyclic amines) is 1. The average Bonchev–Trinajstić information content (AvgIpc) is 2.98. The van der Waals surface area contributed by atoms with Crippen molar-refractivity contribution in [1.29, 1.82) is 0 Å². The Hall–Kier alpha value is -1.20. The van der Waals surface area contributed by atoms with Crippen molar-refractivity contribution in [3.63, 3.8) is 0 Å². The van der Waals surface area contributed by atoms with Crippen LogP contribution in [-0.4, -0.2) is 67.0 Å². The van der Waals surface area contributed by atoms with Gasteiger partial charge in [0.2, 0.25) is 5.91 Å². The van der Waals surface area contributed by atoms with Crippen LogP contribution in [0.1, 0.15) is 17.9 Å². The number of carbonyl (C=O) groups excluding carboxylic acids is 1. The quantitative estimate of drug-likeness (QED) is 0.853. The minimum absolute atomic E-state index is 0.0478. The van der Waals surface area contributed by atoms with E-state index in [1.54, 1.807) is 0 Å². The van der Waals surface area contributed by atoms with Gasteiger partial charge in [-0.25, -0.2) is 0 Å². The summed E-state index contributed by atoms with van der Waals surface area (Å²) in [6.45, 7) is 2.31. The van der Waals surface area contributed by atoms with Gasteiger partial charge in [0.05, 0.1) is 12.5 Å². The number of benzene rings is 1. The van der Waals surface area contributed by atoms with Gasteiger partial charge in [-0.1, -0.05) is 18.2 Å². The molecule has 0 unspecified atom stereocenters. The number of ether oxygens (including phenoxy) is 1. The molecule has 4 nitrogen and oxygen atoms in total. The third kappa shape index (κ3) is 2.84. The van der Waals surface area contributed by atoms with Crippen LogP contribution in [0.4, 0.5) is 0 Å². The van der Waals surface area contributed by atoms with Crippen molar-refractivity contribution < 1.29 is 9.53 Å². The van der Waals surface area contributed by atoms with E-state index in [1.807, 2.05) is 36.0 Å². The fourth-order valence-electron chi connectivity index (χ4n) is 3.48. The van der Waals surface area contributed by atoms with Crippen LogP contribution < -0.4 is 4.74 Å². The van der Waals surface area contributed by atoms with Gasteiger partial charge in [-0.3, -0.25) is 4.79 Å². The minimum Gasteiger partial charge on any atom is -0.493 e. The summed E-state index contributed by atoms with van der Waals surface area (Å²) in [6, 6.07) is 8.39. The maximum atomic E-state index is 13.0. The Labute approximate surface area is 136 Å². The molecule has 1 amide bonds. The van der Waals surface area contributed by atoms with Crippen LogP contribution in [0.25, 0.3) is 0 Å². The molecule has 0 aromatic heterocycles. The van der Waals surface area contributed by atoms with Gasteiger partial charge in [0.25, 0.3) is 0 Å². The van der Waals surface area contributed by atoms with Crippen molar-refractivity contribution in [2.45, 2.75) is 23.6 Å². The van der Waals surface area contributed by atoms with Crippen molar-refractivity contribution in [3.8, 4) is 5.75 Å². The number of fused-ring (bicyclic) bond motifs is 1. The molecular weight excluding hydrogens is 296 g/mol. The normalized spacial score (nSPS) is 27.6. The predicted octanol–water partition coefficient (Wildman–Crippen LogP) is 2.06. The molecule has 0 N–H and O–H groups in total. The molecule has 2 aliphatic rings. The summed E-state index contributed by atoms with van der Waals surface area (Å²) in [4.78, 5) is 17.3. The molecule has 0 saturated carbocycles. The van der Waals surface area contributed by atoms with Gasteiger partial charge >= 0.3 is 0 Å². The lowest BCUT2D eigenvalue weighted by Gasteiger charge is -2.29. The Morgan fingerprint density at radius 3 is 2.77 bits per heavy atom. The highest BCUT2D eigenvalue weighted by molar-refractivity contribution is 7.99. The van der Waals surface area contributed by atoms with Crippen molar-refractivity contribution in [3.05, 3.63) is 29.8 Å². The second kappa shape index (κ2) is 6.50. The number of thioether (sulfide) groups is 1. The fraction of sp³-hybridized carbons (Fsp3) is 0.588. The number of carbonyl (C=O) groups is 1. The number of rotatable bonds is 3. The molecule has 0 aliphatic carbocycles. The van der Waals surface area contributed by atoms with E-state index in [-0.39, 0.29) is 11.8 Å². The van der Waals surface area contributed by atoms with Crippen LogP contribution in [0.3, 0.4) is 0 Å². The molecule has 2 heterocycles. The Bertz CT molecular complexity index is 549. The van der Waals surface area contributed by atoms with Crippen LogP contribution in [0.15, 0.2) is 24.3 Å². The number of nitrogens with zero attached hydrogens (tertiary/aromatic N) is 2. The van der Waals surface area contributed by atoms with Gasteiger partial charge in [-0.2, -0.15) is 11.8 Å². The van der Waals surface area contributed by atoms with Crippen molar-refractivity contribution in [2.24, 2.45) is 0 Å². The van der Waals surface area contributed by atoms with E-state index < -0.39 is 0 Å². The van der Waals surface area contributed by atoms with Gasteiger partial charge in [0.15, 0.2) is 0 Å². The summed E-state index contributed by atoms with van der Waals surface area (Å²) >= 11 is 1.86. The smallest absolute Gasteiger partial charge is 0.230 e. The SMILES string of the molecule is CS[C@@H]1CN(C(=O)[C@@H]2CCOc3ccccc32)C[C@@H]1N(C)C. The van der Waals surface area contributed by atoms with E-state index in [2.05, 4.69) is 30.2 Å².